The van der Waals surface area contributed by atoms with Crippen LogP contribution in [0.3, 0.4) is 0 Å². The monoisotopic (exact) mass is 886 g/mol. The molecule has 3 N–H and O–H groups in total. The predicted molar refractivity (Wildman–Crippen MR) is 233 cm³/mol. The van der Waals surface area contributed by atoms with Crippen molar-refractivity contribution in [3.8, 4) is 0 Å². The molecule has 1 aliphatic rings. The Morgan fingerprint density at radius 1 is 0.869 bits per heavy atom. The molecule has 1 fully saturated rings. The minimum absolute atomic E-state index is 0.0728. The first kappa shape index (κ1) is 54.7. The molecule has 2 rings (SSSR count). The largest absolute Gasteiger partial charge is 0.756 e. The molecular formula is C46H80NO13P. The first-order valence-electron chi connectivity index (χ1n) is 22.8. The number of carbonyl (C=O) groups is 2. The van der Waals surface area contributed by atoms with E-state index in [1.165, 1.54) is 11.1 Å². The third-order valence-electron chi connectivity index (χ3n) is 10.9. The fourth-order valence-corrected chi connectivity index (χ4v) is 7.76. The molecule has 0 amide bonds. The Morgan fingerprint density at radius 3 is 2.23 bits per heavy atom. The molecule has 1 aromatic heterocycles. The maximum atomic E-state index is 12.8. The number of unbranched alkanes of at least 4 members (excludes halogenated alkanes) is 8. The van der Waals surface area contributed by atoms with Gasteiger partial charge in [0, 0.05) is 38.0 Å². The lowest BCUT2D eigenvalue weighted by Crippen LogP contribution is -2.43. The smallest absolute Gasteiger partial charge is 0.306 e. The molecule has 0 aromatic carbocycles. The number of quaternary nitrogens is 1. The molecule has 14 nitrogen and oxygen atoms in total. The van der Waals surface area contributed by atoms with Crippen molar-refractivity contribution in [1.29, 1.82) is 0 Å². The lowest BCUT2D eigenvalue weighted by Gasteiger charge is -2.36. The average Bonchev–Trinajstić information content (AvgIpc) is 3.45. The summed E-state index contributed by atoms with van der Waals surface area (Å²) in [6.07, 6.45) is 16.9. The van der Waals surface area contributed by atoms with Crippen molar-refractivity contribution in [1.82, 2.24) is 0 Å². The fourth-order valence-electron chi connectivity index (χ4n) is 7.03. The minimum Gasteiger partial charge on any atom is -0.756 e. The fraction of sp³-hybridized carbons (Fsp3) is 0.783. The third-order valence-corrected chi connectivity index (χ3v) is 11.9. The second-order valence-corrected chi connectivity index (χ2v) is 18.9. The Hall–Kier alpha value is -2.39. The first-order valence-corrected chi connectivity index (χ1v) is 24.3. The van der Waals surface area contributed by atoms with Crippen LogP contribution in [0, 0.1) is 19.8 Å². The Morgan fingerprint density at radius 2 is 1.54 bits per heavy atom. The van der Waals surface area contributed by atoms with E-state index in [9.17, 15) is 34.4 Å². The van der Waals surface area contributed by atoms with E-state index >= 15 is 0 Å². The Balaban J connectivity index is 1.80. The van der Waals surface area contributed by atoms with Crippen molar-refractivity contribution in [2.24, 2.45) is 5.92 Å². The van der Waals surface area contributed by atoms with Crippen molar-refractivity contribution in [2.45, 2.75) is 180 Å². The molecule has 15 heteroatoms. The van der Waals surface area contributed by atoms with Gasteiger partial charge in [-0.05, 0) is 69.9 Å². The summed E-state index contributed by atoms with van der Waals surface area (Å²) in [7, 11) is 0.984. The molecule has 0 aliphatic carbocycles. The highest BCUT2D eigenvalue weighted by molar-refractivity contribution is 7.45. The van der Waals surface area contributed by atoms with Crippen LogP contribution in [0.25, 0.3) is 0 Å². The number of esters is 2. The van der Waals surface area contributed by atoms with Crippen LogP contribution >= 0.6 is 7.82 Å². The van der Waals surface area contributed by atoms with Crippen LogP contribution in [-0.2, 0) is 50.3 Å². The van der Waals surface area contributed by atoms with Gasteiger partial charge < -0.3 is 52.4 Å². The van der Waals surface area contributed by atoms with Crippen LogP contribution in [0.1, 0.15) is 146 Å². The predicted octanol–water partition coefficient (Wildman–Crippen LogP) is 7.48. The van der Waals surface area contributed by atoms with Crippen LogP contribution in [0.5, 0.6) is 0 Å². The minimum atomic E-state index is -4.71. The van der Waals surface area contributed by atoms with Gasteiger partial charge in [0.25, 0.3) is 7.82 Å². The van der Waals surface area contributed by atoms with Crippen molar-refractivity contribution in [3.63, 3.8) is 0 Å². The maximum absolute atomic E-state index is 12.8. The summed E-state index contributed by atoms with van der Waals surface area (Å²) >= 11 is 0. The molecule has 2 heterocycles. The molecule has 352 valence electrons. The number of likely N-dealkylation sites (N-methyl/N-ethyl adjacent to an activating group) is 1. The second kappa shape index (κ2) is 29.9. The van der Waals surface area contributed by atoms with E-state index in [2.05, 4.69) is 27.7 Å². The van der Waals surface area contributed by atoms with E-state index in [1.807, 2.05) is 33.3 Å². The molecule has 1 aliphatic heterocycles. The van der Waals surface area contributed by atoms with Crippen LogP contribution in [0.4, 0.5) is 0 Å². The summed E-state index contributed by atoms with van der Waals surface area (Å²) in [4.78, 5) is 37.9. The van der Waals surface area contributed by atoms with Crippen LogP contribution < -0.4 is 4.89 Å². The number of hydrogen-bond acceptors (Lipinski definition) is 13. The molecule has 2 unspecified atom stereocenters. The normalized spacial score (nSPS) is 20.6. The number of ether oxygens (including phenoxy) is 3. The zero-order valence-electron chi connectivity index (χ0n) is 38.4. The third kappa shape index (κ3) is 24.3. The quantitative estimate of drug-likeness (QED) is 0.0207. The van der Waals surface area contributed by atoms with E-state index in [1.54, 1.807) is 12.2 Å². The highest BCUT2D eigenvalue weighted by atomic mass is 31.2. The van der Waals surface area contributed by atoms with E-state index < -0.39 is 57.1 Å². The summed E-state index contributed by atoms with van der Waals surface area (Å²) < 4.78 is 45.7. The number of phosphoric ester groups is 1. The number of phosphoric acid groups is 1. The van der Waals surface area contributed by atoms with Crippen LogP contribution in [-0.4, -0.2) is 110 Å². The van der Waals surface area contributed by atoms with Gasteiger partial charge in [-0.2, -0.15) is 0 Å². The summed E-state index contributed by atoms with van der Waals surface area (Å²) in [5.41, 5.74) is 2.53. The van der Waals surface area contributed by atoms with Crippen molar-refractivity contribution in [2.75, 3.05) is 47.5 Å². The van der Waals surface area contributed by atoms with Gasteiger partial charge in [-0.15, -0.1) is 0 Å². The number of allylic oxidation sites excluding steroid dienone is 2. The number of nitrogens with zero attached hydrogens (tertiary/aromatic N) is 1. The van der Waals surface area contributed by atoms with Gasteiger partial charge >= 0.3 is 11.9 Å². The highest BCUT2D eigenvalue weighted by Gasteiger charge is 2.35. The van der Waals surface area contributed by atoms with Crippen LogP contribution in [0.2, 0.25) is 0 Å². The van der Waals surface area contributed by atoms with Crippen LogP contribution in [0.15, 0.2) is 28.7 Å². The SMILES string of the molecule is CCCCC[C@H](O)/C=C/[C@H]1OC(O)C[C@H](O)[C@@H]1C/C=C\CCCC(=O)OC[C@H](COP(=O)([O-])OCC[N+](C)(C)C)OC(=O)CCCCCCCCc1oc(CCC)c(C)c1C. The lowest BCUT2D eigenvalue weighted by molar-refractivity contribution is -0.870. The molecule has 1 saturated heterocycles. The van der Waals surface area contributed by atoms with Gasteiger partial charge in [0.2, 0.25) is 0 Å². The number of furan rings is 1. The summed E-state index contributed by atoms with van der Waals surface area (Å²) in [5, 5.41) is 31.0. The zero-order chi connectivity index (χ0) is 45.3. The van der Waals surface area contributed by atoms with Gasteiger partial charge in [0.1, 0.15) is 31.3 Å². The highest BCUT2D eigenvalue weighted by Crippen LogP contribution is 2.38. The standard InChI is InChI=1S/C46H80NO13P/c1-8-10-17-23-37(48)28-29-43-39(40(49)32-46(52)60-43)24-18-15-16-20-26-44(50)55-33-38(34-57-61(53,54)56-31-30-47(5,6)7)58-45(51)27-21-14-12-11-13-19-25-42-36(4)35(3)41(59-42)22-9-2/h15,18,28-29,37-40,43,46,48-49,52H,8-14,16-17,19-27,30-34H2,1-7H3/b18-15-,29-28+/t37-,38+,39-,40-,43+,46?/m0/s1. The summed E-state index contributed by atoms with van der Waals surface area (Å²) in [5.74, 6) is 0.809. The topological polar surface area (TPSA) is 194 Å². The molecular weight excluding hydrogens is 805 g/mol. The average molecular weight is 886 g/mol. The lowest BCUT2D eigenvalue weighted by atomic mass is 9.87. The number of aryl methyl sites for hydroxylation is 2. The van der Waals surface area contributed by atoms with Crippen molar-refractivity contribution < 1.29 is 66.5 Å². The summed E-state index contributed by atoms with van der Waals surface area (Å²) in [6.45, 7) is 7.93. The molecule has 0 spiro atoms. The number of hydrogen-bond donors (Lipinski definition) is 3. The molecule has 0 saturated carbocycles. The molecule has 61 heavy (non-hydrogen) atoms. The molecule has 1 aromatic rings. The van der Waals surface area contributed by atoms with Gasteiger partial charge in [0.05, 0.1) is 46.1 Å². The molecule has 0 radical (unpaired) electrons. The number of aliphatic hydroxyl groups is 3. The maximum Gasteiger partial charge on any atom is 0.306 e. The van der Waals surface area contributed by atoms with Gasteiger partial charge in [-0.25, -0.2) is 0 Å². The van der Waals surface area contributed by atoms with E-state index in [4.69, 9.17) is 27.7 Å². The Labute approximate surface area is 366 Å². The summed E-state index contributed by atoms with van der Waals surface area (Å²) in [6, 6.07) is 0. The van der Waals surface area contributed by atoms with Gasteiger partial charge in [0.15, 0.2) is 12.4 Å². The van der Waals surface area contributed by atoms with E-state index in [0.717, 1.165) is 82.1 Å². The van der Waals surface area contributed by atoms with Crippen molar-refractivity contribution in [3.05, 3.63) is 47.0 Å². The van der Waals surface area contributed by atoms with Crippen molar-refractivity contribution >= 4 is 19.8 Å². The van der Waals surface area contributed by atoms with E-state index in [-0.39, 0.29) is 38.4 Å². The second-order valence-electron chi connectivity index (χ2n) is 17.5. The zero-order valence-corrected chi connectivity index (χ0v) is 39.2. The van der Waals surface area contributed by atoms with E-state index in [0.29, 0.717) is 43.1 Å². The van der Waals surface area contributed by atoms with Gasteiger partial charge in [-0.1, -0.05) is 83.1 Å². The Kier molecular flexibility index (Phi) is 26.8. The molecule has 7 atom stereocenters. The Bertz CT molecular complexity index is 1490. The number of rotatable bonds is 33. The molecule has 0 bridgehead atoms. The first-order chi connectivity index (χ1) is 28.9. The number of carbonyl (C=O) groups excluding carboxylic acids is 2. The number of aliphatic hydroxyl groups excluding tert-OH is 3. The van der Waals surface area contributed by atoms with Gasteiger partial charge in [-0.3, -0.25) is 14.2 Å².